The van der Waals surface area contributed by atoms with Crippen molar-refractivity contribution in [3.63, 3.8) is 0 Å². The van der Waals surface area contributed by atoms with Gasteiger partial charge < -0.3 is 14.6 Å². The number of hydrogen-bond acceptors (Lipinski definition) is 3. The average molecular weight is 319 g/mol. The molecule has 1 atom stereocenters. The third kappa shape index (κ3) is 3.14. The number of carbonyl (C=O) groups is 2. The van der Waals surface area contributed by atoms with E-state index in [0.717, 1.165) is 5.69 Å². The third-order valence-corrected chi connectivity index (χ3v) is 3.90. The van der Waals surface area contributed by atoms with Crippen LogP contribution < -0.4 is 10.2 Å². The van der Waals surface area contributed by atoms with Gasteiger partial charge in [0.1, 0.15) is 5.76 Å². The van der Waals surface area contributed by atoms with E-state index in [1.54, 1.807) is 47.6 Å². The van der Waals surface area contributed by atoms with Gasteiger partial charge in [0.2, 0.25) is 11.8 Å². The first-order valence-corrected chi connectivity index (χ1v) is 7.37. The van der Waals surface area contributed by atoms with Crippen molar-refractivity contribution in [3.8, 4) is 0 Å². The van der Waals surface area contributed by atoms with Crippen LogP contribution in [-0.2, 0) is 16.1 Å². The van der Waals surface area contributed by atoms with Crippen molar-refractivity contribution in [1.82, 2.24) is 5.32 Å². The molecule has 5 nitrogen and oxygen atoms in total. The van der Waals surface area contributed by atoms with E-state index in [4.69, 9.17) is 16.0 Å². The second-order valence-electron chi connectivity index (χ2n) is 5.18. The van der Waals surface area contributed by atoms with Crippen LogP contribution in [0.1, 0.15) is 12.2 Å². The molecule has 1 aliphatic rings. The summed E-state index contributed by atoms with van der Waals surface area (Å²) in [5.74, 6) is 0.145. The Morgan fingerprint density at radius 3 is 2.77 bits per heavy atom. The third-order valence-electron chi connectivity index (χ3n) is 3.65. The second-order valence-corrected chi connectivity index (χ2v) is 5.62. The zero-order valence-electron chi connectivity index (χ0n) is 11.8. The lowest BCUT2D eigenvalue weighted by molar-refractivity contribution is -0.126. The Morgan fingerprint density at radius 2 is 2.09 bits per heavy atom. The highest BCUT2D eigenvalue weighted by molar-refractivity contribution is 6.30. The molecule has 1 saturated heterocycles. The summed E-state index contributed by atoms with van der Waals surface area (Å²) in [5.41, 5.74) is 0.760. The molecule has 1 aromatic carbocycles. The lowest BCUT2D eigenvalue weighted by Crippen LogP contribution is -2.32. The Hall–Kier alpha value is -2.27. The van der Waals surface area contributed by atoms with E-state index < -0.39 is 0 Å². The van der Waals surface area contributed by atoms with Crippen LogP contribution in [0.5, 0.6) is 0 Å². The molecule has 1 aliphatic heterocycles. The molecule has 6 heteroatoms. The van der Waals surface area contributed by atoms with E-state index in [9.17, 15) is 9.59 Å². The molecular weight excluding hydrogens is 304 g/mol. The van der Waals surface area contributed by atoms with Gasteiger partial charge in [0.25, 0.3) is 0 Å². The van der Waals surface area contributed by atoms with Crippen molar-refractivity contribution in [1.29, 1.82) is 0 Å². The van der Waals surface area contributed by atoms with Gasteiger partial charge in [0, 0.05) is 23.7 Å². The number of anilines is 1. The Morgan fingerprint density at radius 1 is 1.32 bits per heavy atom. The first-order chi connectivity index (χ1) is 10.6. The van der Waals surface area contributed by atoms with E-state index >= 15 is 0 Å². The Labute approximate surface area is 132 Å². The van der Waals surface area contributed by atoms with E-state index in [0.29, 0.717) is 23.9 Å². The standard InChI is InChI=1S/C16H15ClN2O3/c17-12-3-5-13(6-4-12)19-10-11(8-15(19)20)16(21)18-9-14-2-1-7-22-14/h1-7,11H,8-10H2,(H,18,21)/t11-/m1/s1. The highest BCUT2D eigenvalue weighted by atomic mass is 35.5. The molecule has 22 heavy (non-hydrogen) atoms. The van der Waals surface area contributed by atoms with Crippen LogP contribution in [-0.4, -0.2) is 18.4 Å². The van der Waals surface area contributed by atoms with Gasteiger partial charge in [-0.3, -0.25) is 9.59 Å². The molecule has 0 saturated carbocycles. The Kier molecular flexibility index (Phi) is 4.15. The average Bonchev–Trinajstić information content (AvgIpc) is 3.15. The molecule has 2 amide bonds. The summed E-state index contributed by atoms with van der Waals surface area (Å²) in [5, 5.41) is 3.41. The predicted molar refractivity (Wildman–Crippen MR) is 82.5 cm³/mol. The minimum atomic E-state index is -0.349. The van der Waals surface area contributed by atoms with Crippen molar-refractivity contribution in [2.75, 3.05) is 11.4 Å². The number of carbonyl (C=O) groups excluding carboxylic acids is 2. The fourth-order valence-corrected chi connectivity index (χ4v) is 2.61. The van der Waals surface area contributed by atoms with Crippen LogP contribution in [0.4, 0.5) is 5.69 Å². The summed E-state index contributed by atoms with van der Waals surface area (Å²) in [7, 11) is 0. The van der Waals surface area contributed by atoms with Crippen LogP contribution in [0.25, 0.3) is 0 Å². The Bertz CT molecular complexity index is 667. The summed E-state index contributed by atoms with van der Waals surface area (Å²) in [6.45, 7) is 0.710. The molecule has 0 unspecified atom stereocenters. The van der Waals surface area contributed by atoms with E-state index in [1.807, 2.05) is 0 Å². The summed E-state index contributed by atoms with van der Waals surface area (Å²) >= 11 is 5.85. The normalized spacial score (nSPS) is 17.8. The number of amides is 2. The Balaban J connectivity index is 1.61. The maximum atomic E-state index is 12.2. The predicted octanol–water partition coefficient (Wildman–Crippen LogP) is 2.60. The number of rotatable bonds is 4. The summed E-state index contributed by atoms with van der Waals surface area (Å²) in [6, 6.07) is 10.6. The monoisotopic (exact) mass is 318 g/mol. The van der Waals surface area contributed by atoms with E-state index in [1.165, 1.54) is 0 Å². The highest BCUT2D eigenvalue weighted by Gasteiger charge is 2.34. The molecule has 0 bridgehead atoms. The summed E-state index contributed by atoms with van der Waals surface area (Å²) in [6.07, 6.45) is 1.77. The lowest BCUT2D eigenvalue weighted by Gasteiger charge is -2.16. The first-order valence-electron chi connectivity index (χ1n) is 6.99. The molecule has 1 N–H and O–H groups in total. The van der Waals surface area contributed by atoms with Crippen LogP contribution in [0.3, 0.4) is 0 Å². The van der Waals surface area contributed by atoms with Gasteiger partial charge in [-0.25, -0.2) is 0 Å². The van der Waals surface area contributed by atoms with Gasteiger partial charge in [0.15, 0.2) is 0 Å². The van der Waals surface area contributed by atoms with Gasteiger partial charge in [-0.1, -0.05) is 11.6 Å². The maximum absolute atomic E-state index is 12.2. The summed E-state index contributed by atoms with van der Waals surface area (Å²) in [4.78, 5) is 25.9. The molecule has 1 aromatic heterocycles. The van der Waals surface area contributed by atoms with Crippen LogP contribution in [0.15, 0.2) is 47.1 Å². The fourth-order valence-electron chi connectivity index (χ4n) is 2.49. The number of furan rings is 1. The van der Waals surface area contributed by atoms with Gasteiger partial charge in [-0.2, -0.15) is 0 Å². The van der Waals surface area contributed by atoms with Crippen molar-refractivity contribution in [2.45, 2.75) is 13.0 Å². The fraction of sp³-hybridized carbons (Fsp3) is 0.250. The van der Waals surface area contributed by atoms with Crippen molar-refractivity contribution in [3.05, 3.63) is 53.4 Å². The molecule has 2 heterocycles. The van der Waals surface area contributed by atoms with Crippen molar-refractivity contribution >= 4 is 29.1 Å². The van der Waals surface area contributed by atoms with Crippen molar-refractivity contribution < 1.29 is 14.0 Å². The maximum Gasteiger partial charge on any atom is 0.227 e. The number of benzene rings is 1. The SMILES string of the molecule is O=C(NCc1ccco1)[C@@H]1CC(=O)N(c2ccc(Cl)cc2)C1. The largest absolute Gasteiger partial charge is 0.467 e. The molecule has 1 fully saturated rings. The van der Waals surface area contributed by atoms with E-state index in [-0.39, 0.29) is 24.2 Å². The number of halogens is 1. The van der Waals surface area contributed by atoms with Crippen LogP contribution >= 0.6 is 11.6 Å². The molecule has 0 radical (unpaired) electrons. The zero-order valence-corrected chi connectivity index (χ0v) is 12.5. The molecule has 2 aromatic rings. The van der Waals surface area contributed by atoms with Gasteiger partial charge >= 0.3 is 0 Å². The van der Waals surface area contributed by atoms with Gasteiger partial charge in [-0.15, -0.1) is 0 Å². The number of hydrogen-bond donors (Lipinski definition) is 1. The topological polar surface area (TPSA) is 62.6 Å². The smallest absolute Gasteiger partial charge is 0.227 e. The highest BCUT2D eigenvalue weighted by Crippen LogP contribution is 2.26. The molecule has 0 aliphatic carbocycles. The molecule has 3 rings (SSSR count). The quantitative estimate of drug-likeness (QED) is 0.942. The zero-order chi connectivity index (χ0) is 15.5. The van der Waals surface area contributed by atoms with Gasteiger partial charge in [0.05, 0.1) is 18.7 Å². The first kappa shape index (κ1) is 14.7. The summed E-state index contributed by atoms with van der Waals surface area (Å²) < 4.78 is 5.16. The molecule has 114 valence electrons. The van der Waals surface area contributed by atoms with Crippen molar-refractivity contribution in [2.24, 2.45) is 5.92 Å². The molecule has 0 spiro atoms. The minimum Gasteiger partial charge on any atom is -0.467 e. The van der Waals surface area contributed by atoms with Crippen LogP contribution in [0.2, 0.25) is 5.02 Å². The number of nitrogens with zero attached hydrogens (tertiary/aromatic N) is 1. The van der Waals surface area contributed by atoms with E-state index in [2.05, 4.69) is 5.32 Å². The lowest BCUT2D eigenvalue weighted by atomic mass is 10.1. The molecular formula is C16H15ClN2O3. The van der Waals surface area contributed by atoms with Gasteiger partial charge in [-0.05, 0) is 36.4 Å². The minimum absolute atomic E-state index is 0.0551. The number of nitrogens with one attached hydrogen (secondary N) is 1. The second kappa shape index (κ2) is 6.23. The van der Waals surface area contributed by atoms with Crippen LogP contribution in [0, 0.1) is 5.92 Å².